The molecule has 4 heterocycles. The van der Waals surface area contributed by atoms with Gasteiger partial charge in [0, 0.05) is 38.8 Å². The highest BCUT2D eigenvalue weighted by Gasteiger charge is 2.41. The van der Waals surface area contributed by atoms with E-state index in [2.05, 4.69) is 26.0 Å². The molecule has 1 spiro atoms. The van der Waals surface area contributed by atoms with E-state index in [4.69, 9.17) is 15.0 Å². The van der Waals surface area contributed by atoms with Crippen LogP contribution in [0.2, 0.25) is 0 Å². The molecule has 2 fully saturated rings. The second kappa shape index (κ2) is 10.1. The lowest BCUT2D eigenvalue weighted by atomic mass is 9.82. The number of hydrogen-bond acceptors (Lipinski definition) is 8. The number of aryl methyl sites for hydroxylation is 1. The van der Waals surface area contributed by atoms with Crippen molar-refractivity contribution in [2.75, 3.05) is 26.3 Å². The Bertz CT molecular complexity index is 948. The zero-order chi connectivity index (χ0) is 24.3. The quantitative estimate of drug-likeness (QED) is 0.426. The third-order valence-electron chi connectivity index (χ3n) is 7.01. The lowest BCUT2D eigenvalue weighted by molar-refractivity contribution is -0.131. The van der Waals surface area contributed by atoms with Gasteiger partial charge in [-0.05, 0) is 32.6 Å². The minimum Gasteiger partial charge on any atom is -0.381 e. The smallest absolute Gasteiger partial charge is 0.257 e. The van der Waals surface area contributed by atoms with E-state index in [0.717, 1.165) is 26.1 Å². The maximum absolute atomic E-state index is 13.3. The van der Waals surface area contributed by atoms with E-state index in [1.54, 1.807) is 6.92 Å². The molecular weight excluding hydrogens is 444 g/mol. The number of primary amides is 1. The summed E-state index contributed by atoms with van der Waals surface area (Å²) >= 11 is 0. The van der Waals surface area contributed by atoms with Crippen LogP contribution in [0.3, 0.4) is 0 Å². The first-order chi connectivity index (χ1) is 16.3. The Kier molecular flexibility index (Phi) is 7.17. The van der Waals surface area contributed by atoms with E-state index in [1.165, 1.54) is 0 Å². The predicted octanol–water partition coefficient (Wildman–Crippen LogP) is -0.893. The molecule has 12 nitrogen and oxygen atoms in total. The van der Waals surface area contributed by atoms with E-state index in [1.807, 2.05) is 0 Å². The molecule has 0 saturated carbocycles. The van der Waals surface area contributed by atoms with Gasteiger partial charge in [-0.25, -0.2) is 0 Å². The van der Waals surface area contributed by atoms with Crippen molar-refractivity contribution in [2.24, 2.45) is 5.73 Å². The number of ether oxygens (including phenoxy) is 1. The summed E-state index contributed by atoms with van der Waals surface area (Å²) in [5.41, 5.74) is 5.25. The lowest BCUT2D eigenvalue weighted by Crippen LogP contribution is -2.59. The number of hydrogen-bond donors (Lipinski definition) is 4. The summed E-state index contributed by atoms with van der Waals surface area (Å²) < 4.78 is 10.8. The molecule has 0 unspecified atom stereocenters. The van der Waals surface area contributed by atoms with Gasteiger partial charge in [0.05, 0.1) is 24.2 Å². The maximum Gasteiger partial charge on any atom is 0.257 e. The molecule has 1 aromatic heterocycles. The van der Waals surface area contributed by atoms with Gasteiger partial charge < -0.3 is 35.8 Å². The highest BCUT2D eigenvalue weighted by molar-refractivity contribution is 5.97. The lowest BCUT2D eigenvalue weighted by Gasteiger charge is -2.45. The Morgan fingerprint density at radius 2 is 1.85 bits per heavy atom. The Morgan fingerprint density at radius 1 is 1.15 bits per heavy atom. The van der Waals surface area contributed by atoms with Crippen molar-refractivity contribution >= 4 is 23.6 Å². The molecule has 186 valence electrons. The minimum atomic E-state index is -1.15. The van der Waals surface area contributed by atoms with Crippen LogP contribution in [0.5, 0.6) is 0 Å². The van der Waals surface area contributed by atoms with E-state index < -0.39 is 35.2 Å². The molecular formula is C22H32N6O6. The number of aromatic nitrogens is 1. The Balaban J connectivity index is 1.59. The third-order valence-corrected chi connectivity index (χ3v) is 7.01. The Labute approximate surface area is 197 Å². The van der Waals surface area contributed by atoms with Crippen LogP contribution in [0.15, 0.2) is 4.52 Å². The molecule has 0 radical (unpaired) electrons. The standard InChI is InChI=1S/C22H32N6O6/c1-13-19-16(34-27-13)12-24-17(29)10-15(20(23)31)25-18(30)11-22(26-21(19)32)4-6-28(7-5-22)14-2-8-33-9-3-14/h14-15H,2-12H2,1H3,(H2,23,31)(H,24,29)(H,25,30)(H,26,32)/t15-/m0/s1. The van der Waals surface area contributed by atoms with Crippen molar-refractivity contribution in [1.82, 2.24) is 26.0 Å². The molecule has 4 rings (SSSR count). The molecule has 5 N–H and O–H groups in total. The molecule has 0 aromatic carbocycles. The number of nitrogens with one attached hydrogen (secondary N) is 3. The van der Waals surface area contributed by atoms with Crippen LogP contribution in [0, 0.1) is 6.92 Å². The summed E-state index contributed by atoms with van der Waals surface area (Å²) in [6.45, 7) is 4.48. The summed E-state index contributed by atoms with van der Waals surface area (Å²) in [4.78, 5) is 52.9. The predicted molar refractivity (Wildman–Crippen MR) is 118 cm³/mol. The van der Waals surface area contributed by atoms with Crippen molar-refractivity contribution < 1.29 is 28.4 Å². The largest absolute Gasteiger partial charge is 0.381 e. The van der Waals surface area contributed by atoms with Crippen LogP contribution < -0.4 is 21.7 Å². The number of piperidine rings is 1. The molecule has 1 aromatic rings. The first-order valence-electron chi connectivity index (χ1n) is 11.7. The molecule has 0 bridgehead atoms. The van der Waals surface area contributed by atoms with Crippen LogP contribution in [0.1, 0.15) is 60.3 Å². The van der Waals surface area contributed by atoms with E-state index in [0.29, 0.717) is 37.7 Å². The average molecular weight is 477 g/mol. The number of carbonyl (C=O) groups is 4. The number of nitrogens with zero attached hydrogens (tertiary/aromatic N) is 2. The van der Waals surface area contributed by atoms with Crippen molar-refractivity contribution in [3.8, 4) is 0 Å². The molecule has 0 aliphatic carbocycles. The van der Waals surface area contributed by atoms with E-state index >= 15 is 0 Å². The van der Waals surface area contributed by atoms with Gasteiger partial charge in [-0.2, -0.15) is 0 Å². The number of nitrogens with two attached hydrogens (primary N) is 1. The molecule has 12 heteroatoms. The topological polar surface area (TPSA) is 169 Å². The van der Waals surface area contributed by atoms with Gasteiger partial charge in [0.1, 0.15) is 11.6 Å². The van der Waals surface area contributed by atoms with Crippen LogP contribution in [0.25, 0.3) is 0 Å². The molecule has 3 aliphatic heterocycles. The van der Waals surface area contributed by atoms with Crippen LogP contribution >= 0.6 is 0 Å². The van der Waals surface area contributed by atoms with Crippen molar-refractivity contribution in [3.63, 3.8) is 0 Å². The highest BCUT2D eigenvalue weighted by Crippen LogP contribution is 2.30. The summed E-state index contributed by atoms with van der Waals surface area (Å²) in [6.07, 6.45) is 2.69. The number of carbonyl (C=O) groups excluding carboxylic acids is 4. The first-order valence-corrected chi connectivity index (χ1v) is 11.7. The number of amides is 4. The van der Waals surface area contributed by atoms with E-state index in [9.17, 15) is 19.2 Å². The molecule has 4 amide bonds. The van der Waals surface area contributed by atoms with Gasteiger partial charge in [-0.1, -0.05) is 5.16 Å². The van der Waals surface area contributed by atoms with Crippen LogP contribution in [-0.2, 0) is 25.7 Å². The zero-order valence-electron chi connectivity index (χ0n) is 19.4. The molecule has 34 heavy (non-hydrogen) atoms. The number of rotatable bonds is 2. The second-order valence-electron chi connectivity index (χ2n) is 9.36. The summed E-state index contributed by atoms with van der Waals surface area (Å²) in [6, 6.07) is -0.729. The van der Waals surface area contributed by atoms with Gasteiger partial charge >= 0.3 is 0 Å². The van der Waals surface area contributed by atoms with Crippen LogP contribution in [0.4, 0.5) is 0 Å². The Hall–Kier alpha value is -2.99. The number of likely N-dealkylation sites (tertiary alicyclic amines) is 1. The van der Waals surface area contributed by atoms with Gasteiger partial charge in [0.25, 0.3) is 5.91 Å². The fourth-order valence-electron chi connectivity index (χ4n) is 5.06. The third kappa shape index (κ3) is 5.39. The van der Waals surface area contributed by atoms with E-state index in [-0.39, 0.29) is 30.7 Å². The summed E-state index contributed by atoms with van der Waals surface area (Å²) in [5, 5.41) is 12.1. The van der Waals surface area contributed by atoms with Gasteiger partial charge in [0.15, 0.2) is 5.76 Å². The summed E-state index contributed by atoms with van der Waals surface area (Å²) in [5.74, 6) is -1.95. The van der Waals surface area contributed by atoms with Crippen molar-refractivity contribution in [3.05, 3.63) is 17.0 Å². The molecule has 1 atom stereocenters. The SMILES string of the molecule is Cc1noc2c1C(=O)NC1(CCN(C3CCOCC3)CC1)CC(=O)N[C@H](C(N)=O)CC(=O)NC2. The zero-order valence-corrected chi connectivity index (χ0v) is 19.4. The minimum absolute atomic E-state index is 0.0363. The highest BCUT2D eigenvalue weighted by atomic mass is 16.5. The van der Waals surface area contributed by atoms with Crippen molar-refractivity contribution in [1.29, 1.82) is 0 Å². The van der Waals surface area contributed by atoms with Gasteiger partial charge in [-0.3, -0.25) is 19.2 Å². The van der Waals surface area contributed by atoms with Gasteiger partial charge in [-0.15, -0.1) is 0 Å². The fourth-order valence-corrected chi connectivity index (χ4v) is 5.06. The first kappa shape index (κ1) is 24.1. The van der Waals surface area contributed by atoms with Crippen LogP contribution in [-0.4, -0.2) is 77.6 Å². The average Bonchev–Trinajstić information content (AvgIpc) is 3.18. The monoisotopic (exact) mass is 476 g/mol. The second-order valence-corrected chi connectivity index (χ2v) is 9.36. The normalized spacial score (nSPS) is 25.2. The molecule has 3 aliphatic rings. The maximum atomic E-state index is 13.3. The summed E-state index contributed by atoms with van der Waals surface area (Å²) in [7, 11) is 0. The Morgan fingerprint density at radius 3 is 2.53 bits per heavy atom. The molecule has 2 saturated heterocycles. The fraction of sp³-hybridized carbons (Fsp3) is 0.682. The number of fused-ring (bicyclic) bond motifs is 1. The van der Waals surface area contributed by atoms with Crippen molar-refractivity contribution in [2.45, 2.75) is 69.6 Å². The van der Waals surface area contributed by atoms with Gasteiger partial charge in [0.2, 0.25) is 17.7 Å².